The standard InChI is InChI=1S/C8H10N2O2S/c11-8(10-12)6-3-5-1-2-9-4-7(5)13-6/h3,9,12H,1-2,4H2,(H,10,11). The van der Waals surface area contributed by atoms with Gasteiger partial charge in [0.05, 0.1) is 4.88 Å². The van der Waals surface area contributed by atoms with Gasteiger partial charge in [-0.25, -0.2) is 5.48 Å². The monoisotopic (exact) mass is 198 g/mol. The van der Waals surface area contributed by atoms with Crippen LogP contribution in [0.25, 0.3) is 0 Å². The highest BCUT2D eigenvalue weighted by Gasteiger charge is 2.16. The highest BCUT2D eigenvalue weighted by Crippen LogP contribution is 2.24. The van der Waals surface area contributed by atoms with Gasteiger partial charge < -0.3 is 5.32 Å². The van der Waals surface area contributed by atoms with E-state index in [2.05, 4.69) is 5.32 Å². The largest absolute Gasteiger partial charge is 0.312 e. The van der Waals surface area contributed by atoms with Crippen LogP contribution in [-0.2, 0) is 13.0 Å². The van der Waals surface area contributed by atoms with E-state index in [4.69, 9.17) is 5.21 Å². The normalized spacial score (nSPS) is 15.2. The van der Waals surface area contributed by atoms with Gasteiger partial charge in [0.15, 0.2) is 0 Å². The molecule has 1 aromatic rings. The second-order valence-electron chi connectivity index (χ2n) is 2.93. The van der Waals surface area contributed by atoms with Crippen LogP contribution >= 0.6 is 11.3 Å². The lowest BCUT2D eigenvalue weighted by Gasteiger charge is -2.10. The number of nitrogens with one attached hydrogen (secondary N) is 2. The molecule has 1 aromatic heterocycles. The molecule has 2 rings (SSSR count). The van der Waals surface area contributed by atoms with E-state index >= 15 is 0 Å². The third-order valence-corrected chi connectivity index (χ3v) is 3.25. The molecule has 0 radical (unpaired) electrons. The Morgan fingerprint density at radius 3 is 3.23 bits per heavy atom. The van der Waals surface area contributed by atoms with Crippen LogP contribution in [-0.4, -0.2) is 17.7 Å². The van der Waals surface area contributed by atoms with Gasteiger partial charge >= 0.3 is 0 Å². The first-order valence-corrected chi connectivity index (χ1v) is 4.89. The molecular weight excluding hydrogens is 188 g/mol. The number of carbonyl (C=O) groups is 1. The molecule has 0 atom stereocenters. The van der Waals surface area contributed by atoms with Gasteiger partial charge in [-0.05, 0) is 24.6 Å². The number of hydrogen-bond acceptors (Lipinski definition) is 4. The van der Waals surface area contributed by atoms with Crippen LogP contribution in [0, 0.1) is 0 Å². The fourth-order valence-corrected chi connectivity index (χ4v) is 2.49. The molecule has 1 aliphatic rings. The summed E-state index contributed by atoms with van der Waals surface area (Å²) in [5, 5.41) is 11.7. The van der Waals surface area contributed by atoms with Crippen molar-refractivity contribution < 1.29 is 10.0 Å². The topological polar surface area (TPSA) is 61.4 Å². The summed E-state index contributed by atoms with van der Waals surface area (Å²) in [7, 11) is 0. The molecule has 2 heterocycles. The maximum atomic E-state index is 11.1. The number of fused-ring (bicyclic) bond motifs is 1. The molecule has 0 spiro atoms. The Hall–Kier alpha value is -0.910. The average molecular weight is 198 g/mol. The molecule has 5 heteroatoms. The Bertz CT molecular complexity index is 311. The molecule has 0 aliphatic carbocycles. The first kappa shape index (κ1) is 8.68. The van der Waals surface area contributed by atoms with Crippen molar-refractivity contribution in [1.29, 1.82) is 0 Å². The molecule has 3 N–H and O–H groups in total. The molecule has 1 amide bonds. The smallest absolute Gasteiger partial charge is 0.284 e. The summed E-state index contributed by atoms with van der Waals surface area (Å²) in [5.41, 5.74) is 2.87. The third-order valence-electron chi connectivity index (χ3n) is 2.08. The molecule has 0 fully saturated rings. The minimum absolute atomic E-state index is 0.417. The zero-order chi connectivity index (χ0) is 9.26. The van der Waals surface area contributed by atoms with Crippen LogP contribution in [0.1, 0.15) is 20.1 Å². The summed E-state index contributed by atoms with van der Waals surface area (Å²) >= 11 is 1.43. The van der Waals surface area contributed by atoms with E-state index in [1.165, 1.54) is 21.8 Å². The number of hydrogen-bond donors (Lipinski definition) is 3. The van der Waals surface area contributed by atoms with Crippen molar-refractivity contribution in [3.8, 4) is 0 Å². The van der Waals surface area contributed by atoms with E-state index in [0.29, 0.717) is 4.88 Å². The van der Waals surface area contributed by atoms with Gasteiger partial charge in [0, 0.05) is 11.4 Å². The Morgan fingerprint density at radius 1 is 1.69 bits per heavy atom. The van der Waals surface area contributed by atoms with Crippen LogP contribution in [0.5, 0.6) is 0 Å². The third kappa shape index (κ3) is 1.58. The van der Waals surface area contributed by atoms with Gasteiger partial charge in [-0.1, -0.05) is 0 Å². The minimum Gasteiger partial charge on any atom is -0.312 e. The van der Waals surface area contributed by atoms with Crippen molar-refractivity contribution in [3.63, 3.8) is 0 Å². The van der Waals surface area contributed by atoms with Crippen molar-refractivity contribution >= 4 is 17.2 Å². The molecule has 0 unspecified atom stereocenters. The van der Waals surface area contributed by atoms with Gasteiger partial charge in [-0.15, -0.1) is 11.3 Å². The first-order valence-electron chi connectivity index (χ1n) is 4.08. The number of rotatable bonds is 1. The van der Waals surface area contributed by atoms with Gasteiger partial charge in [-0.2, -0.15) is 0 Å². The summed E-state index contributed by atoms with van der Waals surface area (Å²) in [6.07, 6.45) is 0.963. The van der Waals surface area contributed by atoms with Crippen molar-refractivity contribution in [3.05, 3.63) is 21.4 Å². The molecule has 1 aliphatic heterocycles. The first-order chi connectivity index (χ1) is 6.31. The molecule has 0 saturated carbocycles. The Balaban J connectivity index is 2.30. The number of carbonyl (C=O) groups excluding carboxylic acids is 1. The van der Waals surface area contributed by atoms with E-state index in [9.17, 15) is 4.79 Å². The quantitative estimate of drug-likeness (QED) is 0.455. The van der Waals surface area contributed by atoms with Crippen LogP contribution in [0.3, 0.4) is 0 Å². The van der Waals surface area contributed by atoms with Crippen molar-refractivity contribution in [2.24, 2.45) is 0 Å². The predicted octanol–water partition coefficient (Wildman–Crippen LogP) is 0.513. The van der Waals surface area contributed by atoms with Crippen LogP contribution in [0.15, 0.2) is 6.07 Å². The van der Waals surface area contributed by atoms with E-state index in [0.717, 1.165) is 19.5 Å². The van der Waals surface area contributed by atoms with Crippen molar-refractivity contribution in [2.45, 2.75) is 13.0 Å². The van der Waals surface area contributed by atoms with Crippen LogP contribution < -0.4 is 10.8 Å². The second-order valence-corrected chi connectivity index (χ2v) is 4.06. The van der Waals surface area contributed by atoms with Crippen LogP contribution in [0.4, 0.5) is 0 Å². The second kappa shape index (κ2) is 3.45. The molecular formula is C8H10N2O2S. The summed E-state index contributed by atoms with van der Waals surface area (Å²) in [5.74, 6) is -0.417. The van der Waals surface area contributed by atoms with E-state index < -0.39 is 5.91 Å². The summed E-state index contributed by atoms with van der Waals surface area (Å²) in [4.78, 5) is 12.8. The molecule has 70 valence electrons. The zero-order valence-electron chi connectivity index (χ0n) is 6.96. The molecule has 0 bridgehead atoms. The highest BCUT2D eigenvalue weighted by atomic mass is 32.1. The van der Waals surface area contributed by atoms with Gasteiger partial charge in [0.2, 0.25) is 0 Å². The van der Waals surface area contributed by atoms with E-state index in [-0.39, 0.29) is 0 Å². The van der Waals surface area contributed by atoms with E-state index in [1.54, 1.807) is 5.48 Å². The lowest BCUT2D eigenvalue weighted by Crippen LogP contribution is -2.21. The summed E-state index contributed by atoms with van der Waals surface area (Å²) in [6, 6.07) is 1.85. The Kier molecular flexibility index (Phi) is 2.30. The maximum absolute atomic E-state index is 11.1. The number of thiophene rings is 1. The fraction of sp³-hybridized carbons (Fsp3) is 0.375. The minimum atomic E-state index is -0.417. The highest BCUT2D eigenvalue weighted by molar-refractivity contribution is 7.14. The Labute approximate surface area is 79.5 Å². The zero-order valence-corrected chi connectivity index (χ0v) is 7.78. The fourth-order valence-electron chi connectivity index (χ4n) is 1.42. The lowest BCUT2D eigenvalue weighted by atomic mass is 10.1. The number of hydroxylamine groups is 1. The van der Waals surface area contributed by atoms with Crippen LogP contribution in [0.2, 0.25) is 0 Å². The van der Waals surface area contributed by atoms with Gasteiger partial charge in [-0.3, -0.25) is 10.0 Å². The molecule has 4 nitrogen and oxygen atoms in total. The maximum Gasteiger partial charge on any atom is 0.284 e. The van der Waals surface area contributed by atoms with Gasteiger partial charge in [0.1, 0.15) is 0 Å². The van der Waals surface area contributed by atoms with E-state index in [1.807, 2.05) is 6.07 Å². The van der Waals surface area contributed by atoms with Crippen molar-refractivity contribution in [2.75, 3.05) is 6.54 Å². The van der Waals surface area contributed by atoms with Gasteiger partial charge in [0.25, 0.3) is 5.91 Å². The summed E-state index contributed by atoms with van der Waals surface area (Å²) in [6.45, 7) is 1.79. The SMILES string of the molecule is O=C(NO)c1cc2c(s1)CNCC2. The van der Waals surface area contributed by atoms with Crippen molar-refractivity contribution in [1.82, 2.24) is 10.8 Å². The molecule has 0 aromatic carbocycles. The Morgan fingerprint density at radius 2 is 2.54 bits per heavy atom. The lowest BCUT2D eigenvalue weighted by molar-refractivity contribution is 0.0711. The molecule has 13 heavy (non-hydrogen) atoms. The average Bonchev–Trinajstić information content (AvgIpc) is 2.59. The molecule has 0 saturated heterocycles. The number of amides is 1. The summed E-state index contributed by atoms with van der Waals surface area (Å²) < 4.78 is 0. The predicted molar refractivity (Wildman–Crippen MR) is 49.0 cm³/mol.